The van der Waals surface area contributed by atoms with E-state index in [1.165, 1.54) is 9.87 Å². The molecule has 1 aromatic carbocycles. The molecule has 2 fully saturated rings. The average Bonchev–Trinajstić information content (AvgIpc) is 3.17. The maximum Gasteiger partial charge on any atom is 0.248 e. The van der Waals surface area contributed by atoms with Gasteiger partial charge in [0.1, 0.15) is 10.6 Å². The lowest BCUT2D eigenvalue weighted by molar-refractivity contribution is -0.138. The van der Waals surface area contributed by atoms with Gasteiger partial charge in [0.2, 0.25) is 15.9 Å². The van der Waals surface area contributed by atoms with Crippen molar-refractivity contribution >= 4 is 15.9 Å². The third-order valence-corrected chi connectivity index (χ3v) is 8.76. The number of carbonyl (C=O) groups is 1. The van der Waals surface area contributed by atoms with Gasteiger partial charge in [0.15, 0.2) is 5.76 Å². The van der Waals surface area contributed by atoms with Gasteiger partial charge in [0.25, 0.3) is 0 Å². The second-order valence-electron chi connectivity index (χ2n) is 8.73. The minimum Gasteiger partial charge on any atom is -0.360 e. The Labute approximate surface area is 190 Å². The predicted octanol–water partition coefficient (Wildman–Crippen LogP) is 2.08. The van der Waals surface area contributed by atoms with Crippen LogP contribution in [0.25, 0.3) is 0 Å². The number of rotatable bonds is 6. The summed E-state index contributed by atoms with van der Waals surface area (Å²) >= 11 is 0. The first-order valence-electron chi connectivity index (χ1n) is 11.3. The van der Waals surface area contributed by atoms with Gasteiger partial charge in [0.05, 0.1) is 0 Å². The zero-order valence-corrected chi connectivity index (χ0v) is 19.7. The van der Waals surface area contributed by atoms with E-state index in [1.807, 2.05) is 11.0 Å². The van der Waals surface area contributed by atoms with Gasteiger partial charge in [-0.2, -0.15) is 4.31 Å². The van der Waals surface area contributed by atoms with Gasteiger partial charge in [-0.1, -0.05) is 35.5 Å². The maximum atomic E-state index is 13.0. The summed E-state index contributed by atoms with van der Waals surface area (Å²) in [4.78, 5) is 17.6. The molecule has 1 amide bonds. The fraction of sp³-hybridized carbons (Fsp3) is 0.565. The van der Waals surface area contributed by atoms with Gasteiger partial charge in [-0.05, 0) is 38.7 Å². The first kappa shape index (κ1) is 22.9. The number of carbonyl (C=O) groups excluding carboxylic acids is 1. The second kappa shape index (κ2) is 9.72. The molecule has 0 unspecified atom stereocenters. The van der Waals surface area contributed by atoms with Crippen LogP contribution in [0.5, 0.6) is 0 Å². The van der Waals surface area contributed by atoms with E-state index in [0.29, 0.717) is 37.4 Å². The van der Waals surface area contributed by atoms with Crippen LogP contribution in [0.4, 0.5) is 0 Å². The topological polar surface area (TPSA) is 87.0 Å². The van der Waals surface area contributed by atoms with Crippen molar-refractivity contribution in [3.63, 3.8) is 0 Å². The van der Waals surface area contributed by atoms with E-state index in [2.05, 4.69) is 34.3 Å². The van der Waals surface area contributed by atoms with E-state index in [1.54, 1.807) is 13.8 Å². The van der Waals surface area contributed by atoms with Crippen LogP contribution in [0, 0.1) is 19.8 Å². The van der Waals surface area contributed by atoms with Crippen molar-refractivity contribution in [3.8, 4) is 0 Å². The smallest absolute Gasteiger partial charge is 0.248 e. The average molecular weight is 461 g/mol. The largest absolute Gasteiger partial charge is 0.360 e. The minimum absolute atomic E-state index is 0.109. The van der Waals surface area contributed by atoms with E-state index in [4.69, 9.17) is 4.52 Å². The van der Waals surface area contributed by atoms with Gasteiger partial charge in [-0.15, -0.1) is 0 Å². The van der Waals surface area contributed by atoms with Crippen molar-refractivity contribution in [1.29, 1.82) is 0 Å². The predicted molar refractivity (Wildman–Crippen MR) is 121 cm³/mol. The van der Waals surface area contributed by atoms with Crippen LogP contribution < -0.4 is 0 Å². The molecule has 4 rings (SSSR count). The summed E-state index contributed by atoms with van der Waals surface area (Å²) in [6.45, 7) is 8.21. The number of nitrogens with zero attached hydrogens (tertiary/aromatic N) is 4. The summed E-state index contributed by atoms with van der Waals surface area (Å²) in [6.07, 6.45) is 2.12. The number of piperazine rings is 1. The molecule has 174 valence electrons. The Morgan fingerprint density at radius 2 is 1.69 bits per heavy atom. The molecule has 0 N–H and O–H groups in total. The molecule has 2 aliphatic heterocycles. The van der Waals surface area contributed by atoms with Crippen LogP contribution in [0.2, 0.25) is 0 Å². The van der Waals surface area contributed by atoms with Gasteiger partial charge in [-0.25, -0.2) is 8.42 Å². The maximum absolute atomic E-state index is 13.0. The van der Waals surface area contributed by atoms with Crippen LogP contribution in [0.1, 0.15) is 29.9 Å². The number of benzene rings is 1. The molecule has 0 radical (unpaired) electrons. The summed E-state index contributed by atoms with van der Waals surface area (Å²) in [5, 5.41) is 3.77. The molecule has 8 nitrogen and oxygen atoms in total. The molecular formula is C23H32N4O4S. The van der Waals surface area contributed by atoms with Gasteiger partial charge in [-0.3, -0.25) is 9.69 Å². The normalized spacial score (nSPS) is 19.4. The molecule has 3 heterocycles. The molecule has 0 aliphatic carbocycles. The summed E-state index contributed by atoms with van der Waals surface area (Å²) in [6, 6.07) is 10.5. The lowest BCUT2D eigenvalue weighted by atomic mass is 9.96. The molecule has 9 heteroatoms. The highest BCUT2D eigenvalue weighted by Gasteiger charge is 2.37. The summed E-state index contributed by atoms with van der Waals surface area (Å²) in [5.74, 6) is 0.370. The van der Waals surface area contributed by atoms with Crippen molar-refractivity contribution < 1.29 is 17.7 Å². The van der Waals surface area contributed by atoms with Crippen LogP contribution in [0.3, 0.4) is 0 Å². The Balaban J connectivity index is 1.25. The van der Waals surface area contributed by atoms with E-state index in [9.17, 15) is 13.2 Å². The van der Waals surface area contributed by atoms with Crippen LogP contribution in [0.15, 0.2) is 39.8 Å². The van der Waals surface area contributed by atoms with Crippen LogP contribution in [-0.2, 0) is 21.2 Å². The van der Waals surface area contributed by atoms with Crippen LogP contribution in [-0.4, -0.2) is 79.4 Å². The standard InChI is InChI=1S/C23H32N4O4S/c1-18-22(19(2)31-24-18)32(29,30)27-12-9-21(10-13-27)23(28)26-16-14-25(15-17-26)11-8-20-6-4-3-5-7-20/h3-7,21H,8-17H2,1-2H3. The minimum atomic E-state index is -3.65. The zero-order valence-electron chi connectivity index (χ0n) is 18.9. The van der Waals surface area contributed by atoms with Crippen LogP contribution >= 0.6 is 0 Å². The molecule has 0 atom stereocenters. The summed E-state index contributed by atoms with van der Waals surface area (Å²) < 4.78 is 32.5. The molecule has 0 spiro atoms. The van der Waals surface area contributed by atoms with E-state index in [-0.39, 0.29) is 16.7 Å². The van der Waals surface area contributed by atoms with Gasteiger partial charge < -0.3 is 9.42 Å². The number of aromatic nitrogens is 1. The Kier molecular flexibility index (Phi) is 6.97. The molecule has 32 heavy (non-hydrogen) atoms. The highest BCUT2D eigenvalue weighted by Crippen LogP contribution is 2.28. The molecule has 2 aromatic rings. The van der Waals surface area contributed by atoms with E-state index < -0.39 is 10.0 Å². The highest BCUT2D eigenvalue weighted by molar-refractivity contribution is 7.89. The number of amides is 1. The Hall–Kier alpha value is -2.23. The molecule has 1 aromatic heterocycles. The van der Waals surface area contributed by atoms with Crippen molar-refractivity contribution in [1.82, 2.24) is 19.3 Å². The second-order valence-corrected chi connectivity index (χ2v) is 10.6. The van der Waals surface area contributed by atoms with E-state index in [0.717, 1.165) is 39.1 Å². The highest BCUT2D eigenvalue weighted by atomic mass is 32.2. The first-order chi connectivity index (χ1) is 15.4. The zero-order chi connectivity index (χ0) is 22.7. The molecule has 2 saturated heterocycles. The molecule has 0 bridgehead atoms. The fourth-order valence-electron chi connectivity index (χ4n) is 4.70. The third kappa shape index (κ3) is 4.89. The SMILES string of the molecule is Cc1noc(C)c1S(=O)(=O)N1CCC(C(=O)N2CCN(CCc3ccccc3)CC2)CC1. The first-order valence-corrected chi connectivity index (χ1v) is 12.8. The Morgan fingerprint density at radius 1 is 1.03 bits per heavy atom. The lowest BCUT2D eigenvalue weighted by Crippen LogP contribution is -2.52. The summed E-state index contributed by atoms with van der Waals surface area (Å²) in [5.41, 5.74) is 1.72. The van der Waals surface area contributed by atoms with Gasteiger partial charge >= 0.3 is 0 Å². The fourth-order valence-corrected chi connectivity index (χ4v) is 6.46. The van der Waals surface area contributed by atoms with Crippen molar-refractivity contribution in [2.75, 3.05) is 45.8 Å². The molecule has 2 aliphatic rings. The molecule has 0 saturated carbocycles. The number of sulfonamides is 1. The quantitative estimate of drug-likeness (QED) is 0.656. The van der Waals surface area contributed by atoms with Gasteiger partial charge in [0, 0.05) is 51.7 Å². The van der Waals surface area contributed by atoms with E-state index >= 15 is 0 Å². The monoisotopic (exact) mass is 460 g/mol. The number of hydrogen-bond donors (Lipinski definition) is 0. The number of aryl methyl sites for hydroxylation is 2. The number of piperidine rings is 1. The molecular weight excluding hydrogens is 428 g/mol. The van der Waals surface area contributed by atoms with Crippen molar-refractivity contribution in [2.45, 2.75) is 38.0 Å². The Bertz CT molecular complexity index is 1000. The number of hydrogen-bond acceptors (Lipinski definition) is 6. The Morgan fingerprint density at radius 3 is 2.28 bits per heavy atom. The summed E-state index contributed by atoms with van der Waals surface area (Å²) in [7, 11) is -3.65. The van der Waals surface area contributed by atoms with Crippen molar-refractivity contribution in [2.24, 2.45) is 5.92 Å². The van der Waals surface area contributed by atoms with Crippen molar-refractivity contribution in [3.05, 3.63) is 47.3 Å². The third-order valence-electron chi connectivity index (χ3n) is 6.61. The lowest BCUT2D eigenvalue weighted by Gasteiger charge is -2.38.